The maximum Gasteiger partial charge on any atom is -0.0414 e. The second-order valence-electron chi connectivity index (χ2n) is 4.38. The van der Waals surface area contributed by atoms with Gasteiger partial charge in [-0.2, -0.15) is 0 Å². The van der Waals surface area contributed by atoms with Gasteiger partial charge in [0, 0.05) is 0 Å². The molecular weight excluding hydrogens is 120 g/mol. The maximum absolute atomic E-state index is 2.30. The molecule has 2 fully saturated rings. The van der Waals surface area contributed by atoms with E-state index in [2.05, 4.69) is 27.7 Å². The van der Waals surface area contributed by atoms with E-state index in [0.717, 1.165) is 23.7 Å². The number of hydrogen-bond acceptors (Lipinski definition) is 0. The minimum atomic E-state index is 1.05. The standard InChI is InChI=1S/2C5H10/c2*1-4-3-5(4)2/h2*4-5H,3H2,1-2H3/t2*4-,5+. The summed E-state index contributed by atoms with van der Waals surface area (Å²) < 4.78 is 0. The molecule has 0 aromatic heterocycles. The van der Waals surface area contributed by atoms with Crippen LogP contribution in [-0.4, -0.2) is 0 Å². The van der Waals surface area contributed by atoms with Crippen LogP contribution in [0.5, 0.6) is 0 Å². The molecule has 0 N–H and O–H groups in total. The lowest BCUT2D eigenvalue weighted by molar-refractivity contribution is 0.834. The quantitative estimate of drug-likeness (QED) is 0.484. The van der Waals surface area contributed by atoms with Crippen molar-refractivity contribution >= 4 is 0 Å². The zero-order valence-electron chi connectivity index (χ0n) is 7.72. The van der Waals surface area contributed by atoms with Crippen molar-refractivity contribution in [3.05, 3.63) is 0 Å². The summed E-state index contributed by atoms with van der Waals surface area (Å²) in [6.07, 6.45) is 2.94. The molecule has 0 bridgehead atoms. The van der Waals surface area contributed by atoms with E-state index in [4.69, 9.17) is 0 Å². The van der Waals surface area contributed by atoms with Crippen molar-refractivity contribution in [2.75, 3.05) is 0 Å². The van der Waals surface area contributed by atoms with Gasteiger partial charge in [-0.15, -0.1) is 0 Å². The van der Waals surface area contributed by atoms with Gasteiger partial charge in [0.1, 0.15) is 0 Å². The van der Waals surface area contributed by atoms with E-state index in [-0.39, 0.29) is 0 Å². The van der Waals surface area contributed by atoms with E-state index >= 15 is 0 Å². The second kappa shape index (κ2) is 2.94. The maximum atomic E-state index is 2.30. The van der Waals surface area contributed by atoms with Gasteiger partial charge in [-0.05, 0) is 36.5 Å². The average Bonchev–Trinajstić information content (AvgIpc) is 2.62. The Kier molecular flexibility index (Phi) is 2.38. The van der Waals surface area contributed by atoms with Gasteiger partial charge >= 0.3 is 0 Å². The summed E-state index contributed by atoms with van der Waals surface area (Å²) in [5, 5.41) is 0. The molecule has 0 aromatic carbocycles. The Labute approximate surface area is 65.0 Å². The Morgan fingerprint density at radius 3 is 0.700 bits per heavy atom. The SMILES string of the molecule is C[C@@H]1C[C@@H]1C.C[C@@H]1C[C@@H]1C. The highest BCUT2D eigenvalue weighted by Crippen LogP contribution is 2.36. The van der Waals surface area contributed by atoms with Crippen LogP contribution in [-0.2, 0) is 0 Å². The smallest absolute Gasteiger partial charge is 0.0414 e. The molecule has 0 heteroatoms. The van der Waals surface area contributed by atoms with E-state index < -0.39 is 0 Å². The molecule has 0 nitrogen and oxygen atoms in total. The lowest BCUT2D eigenvalue weighted by Gasteiger charge is -1.66. The average molecular weight is 140 g/mol. The van der Waals surface area contributed by atoms with Gasteiger partial charge in [0.05, 0.1) is 0 Å². The van der Waals surface area contributed by atoms with Crippen molar-refractivity contribution < 1.29 is 0 Å². The zero-order valence-corrected chi connectivity index (χ0v) is 7.72. The minimum absolute atomic E-state index is 1.05. The summed E-state index contributed by atoms with van der Waals surface area (Å²) in [4.78, 5) is 0. The van der Waals surface area contributed by atoms with Gasteiger partial charge in [-0.3, -0.25) is 0 Å². The third kappa shape index (κ3) is 2.72. The van der Waals surface area contributed by atoms with Crippen LogP contribution >= 0.6 is 0 Å². The van der Waals surface area contributed by atoms with Gasteiger partial charge in [0.15, 0.2) is 0 Å². The summed E-state index contributed by atoms with van der Waals surface area (Å²) in [6, 6.07) is 0. The van der Waals surface area contributed by atoms with Crippen molar-refractivity contribution in [2.24, 2.45) is 23.7 Å². The molecule has 4 atom stereocenters. The Hall–Kier alpha value is 0. The van der Waals surface area contributed by atoms with Crippen LogP contribution in [0.3, 0.4) is 0 Å². The molecule has 2 rings (SSSR count). The normalized spacial score (nSPS) is 49.2. The van der Waals surface area contributed by atoms with Crippen LogP contribution < -0.4 is 0 Å². The highest BCUT2D eigenvalue weighted by atomic mass is 14.3. The molecule has 0 amide bonds. The second-order valence-corrected chi connectivity index (χ2v) is 4.38. The first-order valence-corrected chi connectivity index (χ1v) is 4.61. The predicted octanol–water partition coefficient (Wildman–Crippen LogP) is 3.32. The van der Waals surface area contributed by atoms with E-state index in [0.29, 0.717) is 0 Å². The molecule has 2 saturated carbocycles. The fraction of sp³-hybridized carbons (Fsp3) is 1.00. The molecule has 0 spiro atoms. The van der Waals surface area contributed by atoms with E-state index in [1.807, 2.05) is 0 Å². The lowest BCUT2D eigenvalue weighted by atomic mass is 10.4. The Morgan fingerprint density at radius 2 is 0.700 bits per heavy atom. The zero-order chi connectivity index (χ0) is 7.72. The molecule has 0 unspecified atom stereocenters. The summed E-state index contributed by atoms with van der Waals surface area (Å²) in [7, 11) is 0. The van der Waals surface area contributed by atoms with Crippen LogP contribution in [0.2, 0.25) is 0 Å². The summed E-state index contributed by atoms with van der Waals surface area (Å²) in [5.41, 5.74) is 0. The molecule has 2 aliphatic rings. The molecule has 2 aliphatic carbocycles. The molecule has 0 aliphatic heterocycles. The molecule has 10 heavy (non-hydrogen) atoms. The predicted molar refractivity (Wildman–Crippen MR) is 45.9 cm³/mol. The minimum Gasteiger partial charge on any atom is -0.0622 e. The highest BCUT2D eigenvalue weighted by molar-refractivity contribution is 4.77. The fourth-order valence-corrected chi connectivity index (χ4v) is 1.02. The third-order valence-electron chi connectivity index (χ3n) is 3.02. The van der Waals surface area contributed by atoms with Crippen LogP contribution in [0.25, 0.3) is 0 Å². The Morgan fingerprint density at radius 1 is 0.600 bits per heavy atom. The van der Waals surface area contributed by atoms with Crippen LogP contribution in [0, 0.1) is 23.7 Å². The molecule has 0 aromatic rings. The van der Waals surface area contributed by atoms with Gasteiger partial charge in [0.2, 0.25) is 0 Å². The van der Waals surface area contributed by atoms with Gasteiger partial charge in [0.25, 0.3) is 0 Å². The molecule has 0 saturated heterocycles. The van der Waals surface area contributed by atoms with Gasteiger partial charge in [-0.1, -0.05) is 27.7 Å². The molecule has 0 heterocycles. The van der Waals surface area contributed by atoms with Gasteiger partial charge < -0.3 is 0 Å². The van der Waals surface area contributed by atoms with Crippen LogP contribution in [0.4, 0.5) is 0 Å². The van der Waals surface area contributed by atoms with Crippen molar-refractivity contribution in [1.29, 1.82) is 0 Å². The van der Waals surface area contributed by atoms with Crippen molar-refractivity contribution in [3.63, 3.8) is 0 Å². The number of rotatable bonds is 0. The fourth-order valence-electron chi connectivity index (χ4n) is 1.02. The molecular formula is C10H20. The highest BCUT2D eigenvalue weighted by Gasteiger charge is 2.26. The molecule has 0 radical (unpaired) electrons. The first-order valence-electron chi connectivity index (χ1n) is 4.61. The van der Waals surface area contributed by atoms with E-state index in [9.17, 15) is 0 Å². The van der Waals surface area contributed by atoms with Crippen molar-refractivity contribution in [1.82, 2.24) is 0 Å². The van der Waals surface area contributed by atoms with Crippen molar-refractivity contribution in [2.45, 2.75) is 40.5 Å². The summed E-state index contributed by atoms with van der Waals surface area (Å²) in [5.74, 6) is 4.20. The summed E-state index contributed by atoms with van der Waals surface area (Å²) in [6.45, 7) is 9.19. The topological polar surface area (TPSA) is 0 Å². The monoisotopic (exact) mass is 140 g/mol. The largest absolute Gasteiger partial charge is 0.0622 e. The summed E-state index contributed by atoms with van der Waals surface area (Å²) >= 11 is 0. The Balaban J connectivity index is 0.0000001000. The first-order chi connectivity index (χ1) is 4.61. The van der Waals surface area contributed by atoms with E-state index in [1.54, 1.807) is 0 Å². The Bertz CT molecular complexity index is 80.6. The first kappa shape index (κ1) is 8.10. The van der Waals surface area contributed by atoms with Crippen LogP contribution in [0.15, 0.2) is 0 Å². The van der Waals surface area contributed by atoms with E-state index in [1.165, 1.54) is 12.8 Å². The third-order valence-corrected chi connectivity index (χ3v) is 3.02. The van der Waals surface area contributed by atoms with Crippen LogP contribution in [0.1, 0.15) is 40.5 Å². The lowest BCUT2D eigenvalue weighted by Crippen LogP contribution is -1.58. The van der Waals surface area contributed by atoms with Gasteiger partial charge in [-0.25, -0.2) is 0 Å². The number of hydrogen-bond donors (Lipinski definition) is 0. The van der Waals surface area contributed by atoms with Crippen molar-refractivity contribution in [3.8, 4) is 0 Å². The molecule has 60 valence electrons.